The first-order chi connectivity index (χ1) is 15.2. The molecule has 0 aliphatic carbocycles. The van der Waals surface area contributed by atoms with Crippen molar-refractivity contribution in [1.29, 1.82) is 0 Å². The second-order valence-corrected chi connectivity index (χ2v) is 9.52. The van der Waals surface area contributed by atoms with Gasteiger partial charge in [-0.1, -0.05) is 45.0 Å². The third-order valence-electron chi connectivity index (χ3n) is 6.63. The van der Waals surface area contributed by atoms with Gasteiger partial charge in [-0.05, 0) is 35.4 Å². The highest BCUT2D eigenvalue weighted by molar-refractivity contribution is 6.24. The number of imide groups is 1. The Kier molecular flexibility index (Phi) is 4.48. The molecule has 2 aromatic carbocycles. The Morgan fingerprint density at radius 1 is 0.969 bits per heavy atom. The first kappa shape index (κ1) is 20.4. The number of amides is 2. The zero-order chi connectivity index (χ0) is 22.8. The highest BCUT2D eigenvalue weighted by Crippen LogP contribution is 2.53. The van der Waals surface area contributed by atoms with Gasteiger partial charge < -0.3 is 4.74 Å². The molecule has 7 heteroatoms. The van der Waals surface area contributed by atoms with Crippen molar-refractivity contribution in [1.82, 2.24) is 5.01 Å². The minimum absolute atomic E-state index is 0.0933. The summed E-state index contributed by atoms with van der Waals surface area (Å²) in [5, 5.41) is 6.27. The summed E-state index contributed by atoms with van der Waals surface area (Å²) < 4.78 is 5.20. The maximum atomic E-state index is 13.7. The Bertz CT molecular complexity index is 1150. The Morgan fingerprint density at radius 2 is 1.62 bits per heavy atom. The molecule has 2 saturated heterocycles. The number of carbonyl (C=O) groups excluding carboxylic acids is 3. The van der Waals surface area contributed by atoms with Crippen LogP contribution in [-0.4, -0.2) is 42.0 Å². The Balaban J connectivity index is 1.64. The molecule has 3 heterocycles. The summed E-state index contributed by atoms with van der Waals surface area (Å²) in [5.41, 5.74) is 1.61. The van der Waals surface area contributed by atoms with E-state index in [2.05, 4.69) is 5.10 Å². The summed E-state index contributed by atoms with van der Waals surface area (Å²) in [6.45, 7) is 5.51. The molecule has 2 amide bonds. The average molecular weight is 431 g/mol. The van der Waals surface area contributed by atoms with Crippen molar-refractivity contribution < 1.29 is 19.1 Å². The van der Waals surface area contributed by atoms with Gasteiger partial charge in [-0.3, -0.25) is 19.4 Å². The minimum atomic E-state index is -0.797. The number of hydrazone groups is 1. The molecule has 0 bridgehead atoms. The van der Waals surface area contributed by atoms with Gasteiger partial charge in [-0.15, -0.1) is 0 Å². The van der Waals surface area contributed by atoms with Gasteiger partial charge in [-0.25, -0.2) is 4.90 Å². The molecular weight excluding hydrogens is 406 g/mol. The van der Waals surface area contributed by atoms with E-state index in [-0.39, 0.29) is 17.6 Å². The van der Waals surface area contributed by atoms with E-state index in [4.69, 9.17) is 4.74 Å². The number of anilines is 1. The number of ketones is 1. The Morgan fingerprint density at radius 3 is 2.28 bits per heavy atom. The number of fused-ring (bicyclic) bond motifs is 5. The Hall–Kier alpha value is -3.48. The van der Waals surface area contributed by atoms with Gasteiger partial charge in [0.1, 0.15) is 11.8 Å². The highest BCUT2D eigenvalue weighted by atomic mass is 16.5. The van der Waals surface area contributed by atoms with E-state index in [0.29, 0.717) is 11.4 Å². The van der Waals surface area contributed by atoms with Gasteiger partial charge in [0.2, 0.25) is 11.8 Å². The largest absolute Gasteiger partial charge is 0.497 e. The molecule has 0 N–H and O–H groups in total. The van der Waals surface area contributed by atoms with Crippen LogP contribution in [0.4, 0.5) is 5.69 Å². The number of nitrogens with zero attached hydrogens (tertiary/aromatic N) is 3. The molecule has 3 aliphatic rings. The molecule has 4 atom stereocenters. The number of rotatable bonds is 3. The fourth-order valence-corrected chi connectivity index (χ4v) is 5.10. The van der Waals surface area contributed by atoms with E-state index in [1.54, 1.807) is 42.6 Å². The lowest BCUT2D eigenvalue weighted by molar-refractivity contribution is -0.136. The number of benzene rings is 2. The number of hydrogen-bond acceptors (Lipinski definition) is 6. The quantitative estimate of drug-likeness (QED) is 0.698. The van der Waals surface area contributed by atoms with Crippen molar-refractivity contribution >= 4 is 29.5 Å². The lowest BCUT2D eigenvalue weighted by Crippen LogP contribution is -2.48. The van der Waals surface area contributed by atoms with Crippen molar-refractivity contribution in [2.75, 3.05) is 12.0 Å². The van der Waals surface area contributed by atoms with Crippen LogP contribution in [-0.2, 0) is 14.4 Å². The van der Waals surface area contributed by atoms with Crippen LogP contribution >= 0.6 is 0 Å². The molecule has 0 saturated carbocycles. The molecule has 5 rings (SSSR count). The van der Waals surface area contributed by atoms with Gasteiger partial charge >= 0.3 is 0 Å². The van der Waals surface area contributed by atoms with Crippen LogP contribution in [0.25, 0.3) is 0 Å². The van der Waals surface area contributed by atoms with Gasteiger partial charge in [0.15, 0.2) is 5.78 Å². The summed E-state index contributed by atoms with van der Waals surface area (Å²) in [6, 6.07) is 13.3. The van der Waals surface area contributed by atoms with Crippen LogP contribution in [0.2, 0.25) is 0 Å². The molecule has 2 aromatic rings. The monoisotopic (exact) mass is 431 g/mol. The summed E-state index contributed by atoms with van der Waals surface area (Å²) in [5.74, 6) is -1.57. The molecule has 7 nitrogen and oxygen atoms in total. The molecule has 0 radical (unpaired) electrons. The normalized spacial score (nSPS) is 26.1. The summed E-state index contributed by atoms with van der Waals surface area (Å²) in [7, 11) is 1.56. The summed E-state index contributed by atoms with van der Waals surface area (Å²) in [4.78, 5) is 42.2. The maximum absolute atomic E-state index is 13.7. The molecule has 164 valence electrons. The number of carbonyl (C=O) groups is 3. The second kappa shape index (κ2) is 7.02. The zero-order valence-corrected chi connectivity index (χ0v) is 18.5. The molecular formula is C25H25N3O4. The fourth-order valence-electron chi connectivity index (χ4n) is 5.10. The predicted molar refractivity (Wildman–Crippen MR) is 119 cm³/mol. The topological polar surface area (TPSA) is 79.3 Å². The third-order valence-corrected chi connectivity index (χ3v) is 6.63. The SMILES string of the molecule is COc1ccc(N2C(=O)[C@@H]3[C@H](C2=O)[C@@H]2c4ccccc4C=NN2[C@@H]3C(=O)C(C)(C)C)cc1. The van der Waals surface area contributed by atoms with Crippen molar-refractivity contribution in [3.8, 4) is 5.75 Å². The lowest BCUT2D eigenvalue weighted by atomic mass is 9.79. The van der Waals surface area contributed by atoms with E-state index in [9.17, 15) is 14.4 Å². The first-order valence-corrected chi connectivity index (χ1v) is 10.7. The average Bonchev–Trinajstić information content (AvgIpc) is 3.25. The van der Waals surface area contributed by atoms with Crippen LogP contribution in [0.3, 0.4) is 0 Å². The highest BCUT2D eigenvalue weighted by Gasteiger charge is 2.66. The van der Waals surface area contributed by atoms with Crippen LogP contribution in [0.1, 0.15) is 37.9 Å². The molecule has 0 unspecified atom stereocenters. The maximum Gasteiger partial charge on any atom is 0.240 e. The second-order valence-electron chi connectivity index (χ2n) is 9.52. The summed E-state index contributed by atoms with van der Waals surface area (Å²) >= 11 is 0. The number of hydrogen-bond donors (Lipinski definition) is 0. The van der Waals surface area contributed by atoms with Crippen molar-refractivity contribution in [3.63, 3.8) is 0 Å². The van der Waals surface area contributed by atoms with E-state index in [1.807, 2.05) is 45.0 Å². The van der Waals surface area contributed by atoms with Gasteiger partial charge in [0, 0.05) is 5.41 Å². The van der Waals surface area contributed by atoms with Crippen LogP contribution in [0.15, 0.2) is 53.6 Å². The minimum Gasteiger partial charge on any atom is -0.497 e. The van der Waals surface area contributed by atoms with Gasteiger partial charge in [-0.2, -0.15) is 5.10 Å². The van der Waals surface area contributed by atoms with E-state index < -0.39 is 29.3 Å². The third kappa shape index (κ3) is 2.80. The molecule has 2 fully saturated rings. The van der Waals surface area contributed by atoms with Crippen LogP contribution in [0, 0.1) is 17.3 Å². The first-order valence-electron chi connectivity index (χ1n) is 10.7. The van der Waals surface area contributed by atoms with Gasteiger partial charge in [0.25, 0.3) is 0 Å². The van der Waals surface area contributed by atoms with E-state index >= 15 is 0 Å². The summed E-state index contributed by atoms with van der Waals surface area (Å²) in [6.07, 6.45) is 1.71. The molecule has 32 heavy (non-hydrogen) atoms. The van der Waals surface area contributed by atoms with E-state index in [1.165, 1.54) is 4.90 Å². The van der Waals surface area contributed by atoms with Crippen LogP contribution in [0.5, 0.6) is 5.75 Å². The number of methoxy groups -OCH3 is 1. The van der Waals surface area contributed by atoms with Gasteiger partial charge in [0.05, 0.1) is 36.9 Å². The molecule has 0 spiro atoms. The van der Waals surface area contributed by atoms with Crippen molar-refractivity contribution in [2.45, 2.75) is 32.9 Å². The number of ether oxygens (including phenoxy) is 1. The lowest BCUT2D eigenvalue weighted by Gasteiger charge is -2.35. The Labute approximate surface area is 186 Å². The number of Topliss-reactive ketones (excluding diaryl/α,β-unsaturated/α-hetero) is 1. The van der Waals surface area contributed by atoms with Crippen molar-refractivity contribution in [3.05, 3.63) is 59.7 Å². The smallest absolute Gasteiger partial charge is 0.240 e. The van der Waals surface area contributed by atoms with Crippen molar-refractivity contribution in [2.24, 2.45) is 22.4 Å². The molecule has 0 aromatic heterocycles. The standard InChI is InChI=1S/C25H25N3O4/c1-25(2,3)22(29)21-19-18(20-17-8-6-5-7-14(17)13-26-28(20)21)23(30)27(24(19)31)15-9-11-16(32-4)12-10-15/h5-13,18-21H,1-4H3/t18-,19+,20-,21-/m0/s1. The van der Waals surface area contributed by atoms with E-state index in [0.717, 1.165) is 11.1 Å². The van der Waals surface area contributed by atoms with Crippen LogP contribution < -0.4 is 9.64 Å². The zero-order valence-electron chi connectivity index (χ0n) is 18.5. The fraction of sp³-hybridized carbons (Fsp3) is 0.360. The predicted octanol–water partition coefficient (Wildman–Crippen LogP) is 3.19. The molecule has 3 aliphatic heterocycles.